The highest BCUT2D eigenvalue weighted by molar-refractivity contribution is 5.90. The lowest BCUT2D eigenvalue weighted by Crippen LogP contribution is -2.36. The lowest BCUT2D eigenvalue weighted by molar-refractivity contribution is -0.383. The Morgan fingerprint density at radius 1 is 1.35 bits per heavy atom. The monoisotopic (exact) mass is 273 g/mol. The number of nitrogens with two attached hydrogens (primary N) is 1. The van der Waals surface area contributed by atoms with Crippen LogP contribution in [0.15, 0.2) is 30.5 Å². The Labute approximate surface area is 118 Å². The van der Waals surface area contributed by atoms with Gasteiger partial charge in [-0.1, -0.05) is 20.8 Å². The summed E-state index contributed by atoms with van der Waals surface area (Å²) in [5, 5.41) is 11.6. The van der Waals surface area contributed by atoms with Crippen LogP contribution in [0.25, 0.3) is 10.9 Å². The number of nitrogens with zero attached hydrogens (tertiary/aromatic N) is 2. The Kier molecular flexibility index (Phi) is 3.72. The minimum atomic E-state index is -0.377. The molecule has 2 aromatic rings. The topological polar surface area (TPSA) is 82.0 Å². The summed E-state index contributed by atoms with van der Waals surface area (Å²) in [6.45, 7) is 6.25. The summed E-state index contributed by atoms with van der Waals surface area (Å²) in [5.41, 5.74) is 7.89. The van der Waals surface area contributed by atoms with Crippen molar-refractivity contribution < 1.29 is 4.92 Å². The molecule has 0 amide bonds. The first-order valence-electron chi connectivity index (χ1n) is 6.57. The summed E-state index contributed by atoms with van der Waals surface area (Å²) in [7, 11) is 0. The summed E-state index contributed by atoms with van der Waals surface area (Å²) < 4.78 is 0. The average molecular weight is 273 g/mol. The molecule has 1 aromatic heterocycles. The molecule has 2 N–H and O–H groups in total. The van der Waals surface area contributed by atoms with E-state index in [0.717, 1.165) is 5.56 Å². The van der Waals surface area contributed by atoms with Crippen molar-refractivity contribution in [1.29, 1.82) is 0 Å². The van der Waals surface area contributed by atoms with Gasteiger partial charge in [0.25, 0.3) is 5.69 Å². The number of fused-ring (bicyclic) bond motifs is 1. The molecule has 1 heterocycles. The summed E-state index contributed by atoms with van der Waals surface area (Å²) in [5.74, 6) is 0. The van der Waals surface area contributed by atoms with Crippen LogP contribution in [0.3, 0.4) is 0 Å². The molecular formula is C15H19N3O2. The van der Waals surface area contributed by atoms with E-state index in [4.69, 9.17) is 5.73 Å². The number of rotatable bonds is 3. The number of aromatic nitrogens is 1. The third-order valence-corrected chi connectivity index (χ3v) is 3.58. The van der Waals surface area contributed by atoms with E-state index in [1.165, 1.54) is 6.07 Å². The van der Waals surface area contributed by atoms with Crippen LogP contribution in [0.4, 0.5) is 5.69 Å². The zero-order valence-electron chi connectivity index (χ0n) is 12.0. The number of nitro groups is 1. The summed E-state index contributed by atoms with van der Waals surface area (Å²) in [6, 6.07) is 6.71. The fourth-order valence-corrected chi connectivity index (χ4v) is 2.08. The van der Waals surface area contributed by atoms with Gasteiger partial charge in [0, 0.05) is 18.3 Å². The molecule has 2 rings (SSSR count). The molecule has 0 radical (unpaired) electrons. The number of hydrogen-bond donors (Lipinski definition) is 1. The third kappa shape index (κ3) is 2.77. The minimum absolute atomic E-state index is 0.0249. The van der Waals surface area contributed by atoms with Gasteiger partial charge < -0.3 is 5.73 Å². The van der Waals surface area contributed by atoms with Crippen molar-refractivity contribution in [3.05, 3.63) is 46.1 Å². The van der Waals surface area contributed by atoms with Crippen LogP contribution in [-0.2, 0) is 6.42 Å². The molecular weight excluding hydrogens is 254 g/mol. The molecule has 1 unspecified atom stereocenters. The van der Waals surface area contributed by atoms with E-state index in [1.807, 2.05) is 0 Å². The standard InChI is InChI=1S/C15H19N3O2/c1-15(2,3)13(16)9-10-6-7-12(18(19)20)11-5-4-8-17-14(10)11/h4-8,13H,9,16H2,1-3H3. The number of nitro benzene ring substituents is 1. The van der Waals surface area contributed by atoms with Gasteiger partial charge >= 0.3 is 0 Å². The molecule has 0 fully saturated rings. The predicted molar refractivity (Wildman–Crippen MR) is 79.5 cm³/mol. The average Bonchev–Trinajstić information content (AvgIpc) is 2.37. The maximum atomic E-state index is 11.1. The third-order valence-electron chi connectivity index (χ3n) is 3.58. The molecule has 0 aliphatic rings. The van der Waals surface area contributed by atoms with E-state index in [2.05, 4.69) is 25.8 Å². The maximum absolute atomic E-state index is 11.1. The molecule has 5 nitrogen and oxygen atoms in total. The lowest BCUT2D eigenvalue weighted by atomic mass is 9.83. The molecule has 1 atom stereocenters. The Bertz CT molecular complexity index is 647. The van der Waals surface area contributed by atoms with Crippen molar-refractivity contribution in [2.45, 2.75) is 33.2 Å². The highest BCUT2D eigenvalue weighted by Crippen LogP contribution is 2.29. The maximum Gasteiger partial charge on any atom is 0.278 e. The van der Waals surface area contributed by atoms with E-state index in [-0.39, 0.29) is 22.1 Å². The van der Waals surface area contributed by atoms with Gasteiger partial charge in [-0.15, -0.1) is 0 Å². The van der Waals surface area contributed by atoms with Crippen molar-refractivity contribution in [1.82, 2.24) is 4.98 Å². The fraction of sp³-hybridized carbons (Fsp3) is 0.400. The van der Waals surface area contributed by atoms with Crippen LogP contribution in [0.5, 0.6) is 0 Å². The summed E-state index contributed by atoms with van der Waals surface area (Å²) >= 11 is 0. The van der Waals surface area contributed by atoms with Gasteiger partial charge in [0.05, 0.1) is 15.8 Å². The summed E-state index contributed by atoms with van der Waals surface area (Å²) in [4.78, 5) is 15.0. The number of benzene rings is 1. The van der Waals surface area contributed by atoms with Gasteiger partial charge in [-0.2, -0.15) is 0 Å². The van der Waals surface area contributed by atoms with Crippen LogP contribution in [-0.4, -0.2) is 15.9 Å². The molecule has 0 aliphatic carbocycles. The van der Waals surface area contributed by atoms with Crippen molar-refractivity contribution in [2.24, 2.45) is 11.1 Å². The highest BCUT2D eigenvalue weighted by atomic mass is 16.6. The van der Waals surface area contributed by atoms with Crippen LogP contribution >= 0.6 is 0 Å². The number of non-ortho nitro benzene ring substituents is 1. The molecule has 0 spiro atoms. The van der Waals surface area contributed by atoms with Gasteiger partial charge in [-0.25, -0.2) is 0 Å². The molecule has 0 saturated heterocycles. The summed E-state index contributed by atoms with van der Waals surface area (Å²) in [6.07, 6.45) is 2.30. The Morgan fingerprint density at radius 2 is 2.05 bits per heavy atom. The van der Waals surface area contributed by atoms with Gasteiger partial charge in [0.1, 0.15) is 0 Å². The van der Waals surface area contributed by atoms with Crippen LogP contribution < -0.4 is 5.73 Å². The lowest BCUT2D eigenvalue weighted by Gasteiger charge is -2.27. The van der Waals surface area contributed by atoms with Crippen LogP contribution in [0.1, 0.15) is 26.3 Å². The van der Waals surface area contributed by atoms with E-state index in [0.29, 0.717) is 17.3 Å². The smallest absolute Gasteiger partial charge is 0.278 e. The first-order valence-corrected chi connectivity index (χ1v) is 6.57. The molecule has 5 heteroatoms. The van der Waals surface area contributed by atoms with Gasteiger partial charge in [-0.05, 0) is 35.6 Å². The molecule has 20 heavy (non-hydrogen) atoms. The quantitative estimate of drug-likeness (QED) is 0.688. The van der Waals surface area contributed by atoms with E-state index in [1.54, 1.807) is 24.4 Å². The van der Waals surface area contributed by atoms with Gasteiger partial charge in [0.2, 0.25) is 0 Å². The Hall–Kier alpha value is -2.01. The van der Waals surface area contributed by atoms with Crippen molar-refractivity contribution in [3.63, 3.8) is 0 Å². The zero-order chi connectivity index (χ0) is 14.9. The van der Waals surface area contributed by atoms with Crippen molar-refractivity contribution in [3.8, 4) is 0 Å². The number of hydrogen-bond acceptors (Lipinski definition) is 4. The van der Waals surface area contributed by atoms with E-state index < -0.39 is 0 Å². The molecule has 1 aromatic carbocycles. The number of pyridine rings is 1. The van der Waals surface area contributed by atoms with Gasteiger partial charge in [-0.3, -0.25) is 15.1 Å². The van der Waals surface area contributed by atoms with Crippen LogP contribution in [0, 0.1) is 15.5 Å². The molecule has 0 aliphatic heterocycles. The van der Waals surface area contributed by atoms with E-state index in [9.17, 15) is 10.1 Å². The second-order valence-corrected chi connectivity index (χ2v) is 6.08. The highest BCUT2D eigenvalue weighted by Gasteiger charge is 2.23. The molecule has 106 valence electrons. The molecule has 0 bridgehead atoms. The SMILES string of the molecule is CC(C)(C)C(N)Cc1ccc([N+](=O)[O-])c2cccnc12. The largest absolute Gasteiger partial charge is 0.327 e. The molecule has 0 saturated carbocycles. The predicted octanol–water partition coefficient (Wildman–Crippen LogP) is 3.06. The van der Waals surface area contributed by atoms with Crippen LogP contribution in [0.2, 0.25) is 0 Å². The van der Waals surface area contributed by atoms with Crippen molar-refractivity contribution >= 4 is 16.6 Å². The normalized spacial score (nSPS) is 13.4. The Morgan fingerprint density at radius 3 is 2.65 bits per heavy atom. The van der Waals surface area contributed by atoms with Crippen molar-refractivity contribution in [2.75, 3.05) is 0 Å². The fourth-order valence-electron chi connectivity index (χ4n) is 2.08. The van der Waals surface area contributed by atoms with Gasteiger partial charge in [0.15, 0.2) is 0 Å². The first-order chi connectivity index (χ1) is 9.30. The Balaban J connectivity index is 2.51. The zero-order valence-corrected chi connectivity index (χ0v) is 12.0. The minimum Gasteiger partial charge on any atom is -0.327 e. The second-order valence-electron chi connectivity index (χ2n) is 6.08. The van der Waals surface area contributed by atoms with E-state index >= 15 is 0 Å². The first kappa shape index (κ1) is 14.4. The second kappa shape index (κ2) is 5.17.